The van der Waals surface area contributed by atoms with Gasteiger partial charge in [-0.1, -0.05) is 30.3 Å². The van der Waals surface area contributed by atoms with Crippen LogP contribution in [0.2, 0.25) is 0 Å². The quantitative estimate of drug-likeness (QED) is 0.387. The average molecular weight is 491 g/mol. The largest absolute Gasteiger partial charge is 0.497 e. The number of hydrogen-bond donors (Lipinski definition) is 0. The fraction of sp³-hybridized carbons (Fsp3) is 0.185. The third-order valence-corrected chi connectivity index (χ3v) is 6.40. The van der Waals surface area contributed by atoms with Crippen LogP contribution in [0.25, 0.3) is 6.08 Å². The molecule has 180 valence electrons. The second-order valence-electron chi connectivity index (χ2n) is 7.53. The highest BCUT2D eigenvalue weighted by Crippen LogP contribution is 2.40. The summed E-state index contributed by atoms with van der Waals surface area (Å²) in [4.78, 5) is 20.5. The maximum absolute atomic E-state index is 13.5. The van der Waals surface area contributed by atoms with Crippen LogP contribution in [-0.4, -0.2) is 44.4 Å². The van der Waals surface area contributed by atoms with E-state index in [-0.39, 0.29) is 5.91 Å². The van der Waals surface area contributed by atoms with Crippen molar-refractivity contribution in [2.45, 2.75) is 6.54 Å². The molecule has 1 heterocycles. The van der Waals surface area contributed by atoms with Crippen LogP contribution in [0.5, 0.6) is 23.0 Å². The van der Waals surface area contributed by atoms with Crippen molar-refractivity contribution in [3.8, 4) is 23.0 Å². The molecule has 0 N–H and O–H groups in total. The molecule has 35 heavy (non-hydrogen) atoms. The van der Waals surface area contributed by atoms with Gasteiger partial charge in [-0.3, -0.25) is 9.69 Å². The molecule has 1 aliphatic heterocycles. The van der Waals surface area contributed by atoms with Crippen molar-refractivity contribution in [1.82, 2.24) is 4.90 Å². The molecule has 4 rings (SSSR count). The zero-order valence-electron chi connectivity index (χ0n) is 20.0. The van der Waals surface area contributed by atoms with Crippen molar-refractivity contribution in [3.63, 3.8) is 0 Å². The predicted octanol–water partition coefficient (Wildman–Crippen LogP) is 5.53. The van der Waals surface area contributed by atoms with Gasteiger partial charge in [0.2, 0.25) is 0 Å². The minimum atomic E-state index is -0.141. The number of ether oxygens (including phenoxy) is 4. The van der Waals surface area contributed by atoms with E-state index in [1.54, 1.807) is 51.5 Å². The Bertz CT molecular complexity index is 1260. The van der Waals surface area contributed by atoms with Gasteiger partial charge in [-0.15, -0.1) is 0 Å². The molecule has 8 heteroatoms. The van der Waals surface area contributed by atoms with Gasteiger partial charge in [0.1, 0.15) is 11.5 Å². The summed E-state index contributed by atoms with van der Waals surface area (Å²) in [5.74, 6) is 2.28. The number of amides is 1. The lowest BCUT2D eigenvalue weighted by Gasteiger charge is -2.16. The Labute approximate surface area is 209 Å². The summed E-state index contributed by atoms with van der Waals surface area (Å²) in [6.45, 7) is 0.377. The lowest BCUT2D eigenvalue weighted by Crippen LogP contribution is -2.28. The second kappa shape index (κ2) is 11.0. The van der Waals surface area contributed by atoms with Crippen LogP contribution in [0.3, 0.4) is 0 Å². The van der Waals surface area contributed by atoms with E-state index >= 15 is 0 Å². The lowest BCUT2D eigenvalue weighted by atomic mass is 10.1. The van der Waals surface area contributed by atoms with Gasteiger partial charge in [-0.2, -0.15) is 0 Å². The second-order valence-corrected chi connectivity index (χ2v) is 8.54. The Morgan fingerprint density at radius 3 is 2.11 bits per heavy atom. The number of benzene rings is 3. The summed E-state index contributed by atoms with van der Waals surface area (Å²) in [6.07, 6.45) is 1.79. The fourth-order valence-electron chi connectivity index (χ4n) is 3.56. The predicted molar refractivity (Wildman–Crippen MR) is 139 cm³/mol. The molecule has 0 aromatic heterocycles. The monoisotopic (exact) mass is 490 g/mol. The van der Waals surface area contributed by atoms with Crippen molar-refractivity contribution in [2.24, 2.45) is 4.99 Å². The van der Waals surface area contributed by atoms with E-state index in [2.05, 4.69) is 0 Å². The molecular weight excluding hydrogens is 464 g/mol. The van der Waals surface area contributed by atoms with Gasteiger partial charge in [-0.05, 0) is 53.7 Å². The molecule has 0 radical (unpaired) electrons. The summed E-state index contributed by atoms with van der Waals surface area (Å²) < 4.78 is 21.6. The third-order valence-electron chi connectivity index (χ3n) is 5.39. The van der Waals surface area contributed by atoms with E-state index in [1.165, 1.54) is 11.8 Å². The van der Waals surface area contributed by atoms with E-state index in [0.29, 0.717) is 39.4 Å². The van der Waals surface area contributed by atoms with E-state index < -0.39 is 0 Å². The molecular formula is C27H26N2O5S. The molecule has 3 aromatic rings. The highest BCUT2D eigenvalue weighted by Gasteiger charge is 2.34. The summed E-state index contributed by atoms with van der Waals surface area (Å²) >= 11 is 1.32. The standard InChI is InChI=1S/C27H26N2O5S/c1-31-21-12-10-18(11-13-21)17-29-26(30)25(35-27(29)28-20-8-6-5-7-9-20)15-19-14-23(33-3)24(34-4)16-22(19)32-2/h5-16H,17H2,1-4H3/b25-15+,28-27?. The number of rotatable bonds is 8. The Morgan fingerprint density at radius 1 is 0.829 bits per heavy atom. The molecule has 7 nitrogen and oxygen atoms in total. The first kappa shape index (κ1) is 24.2. The molecule has 0 aliphatic carbocycles. The Hall–Kier alpha value is -3.91. The van der Waals surface area contributed by atoms with E-state index in [9.17, 15) is 4.79 Å². The van der Waals surface area contributed by atoms with Gasteiger partial charge in [0, 0.05) is 11.6 Å². The van der Waals surface area contributed by atoms with Gasteiger partial charge < -0.3 is 18.9 Å². The highest BCUT2D eigenvalue weighted by atomic mass is 32.2. The number of methoxy groups -OCH3 is 4. The average Bonchev–Trinajstić information content (AvgIpc) is 3.18. The summed E-state index contributed by atoms with van der Waals surface area (Å²) in [5.41, 5.74) is 2.43. The number of carbonyl (C=O) groups is 1. The molecule has 0 atom stereocenters. The van der Waals surface area contributed by atoms with Crippen molar-refractivity contribution in [1.29, 1.82) is 0 Å². The van der Waals surface area contributed by atoms with Gasteiger partial charge in [0.05, 0.1) is 45.6 Å². The zero-order valence-corrected chi connectivity index (χ0v) is 20.8. The molecule has 0 spiro atoms. The summed E-state index contributed by atoms with van der Waals surface area (Å²) in [6, 6.07) is 20.7. The number of para-hydroxylation sites is 1. The number of aliphatic imine (C=N–C) groups is 1. The summed E-state index contributed by atoms with van der Waals surface area (Å²) in [7, 11) is 6.33. The topological polar surface area (TPSA) is 69.6 Å². The van der Waals surface area contributed by atoms with Crippen LogP contribution in [-0.2, 0) is 11.3 Å². The number of amidine groups is 1. The maximum atomic E-state index is 13.5. The number of thioether (sulfide) groups is 1. The van der Waals surface area contributed by atoms with Crippen LogP contribution >= 0.6 is 11.8 Å². The van der Waals surface area contributed by atoms with Crippen LogP contribution < -0.4 is 18.9 Å². The zero-order chi connectivity index (χ0) is 24.8. The molecule has 3 aromatic carbocycles. The minimum Gasteiger partial charge on any atom is -0.497 e. The van der Waals surface area contributed by atoms with Crippen molar-refractivity contribution >= 4 is 34.6 Å². The van der Waals surface area contributed by atoms with Crippen molar-refractivity contribution in [3.05, 3.63) is 82.8 Å². The Morgan fingerprint density at radius 2 is 1.49 bits per heavy atom. The highest BCUT2D eigenvalue weighted by molar-refractivity contribution is 8.18. The van der Waals surface area contributed by atoms with Gasteiger partial charge >= 0.3 is 0 Å². The van der Waals surface area contributed by atoms with Crippen LogP contribution in [0, 0.1) is 0 Å². The molecule has 1 aliphatic rings. The van der Waals surface area contributed by atoms with Gasteiger partial charge in [-0.25, -0.2) is 4.99 Å². The SMILES string of the molecule is COc1ccc(CN2C(=O)/C(=C\c3cc(OC)c(OC)cc3OC)SC2=Nc2ccccc2)cc1. The minimum absolute atomic E-state index is 0.141. The summed E-state index contributed by atoms with van der Waals surface area (Å²) in [5, 5.41) is 0.600. The number of nitrogens with zero attached hydrogens (tertiary/aromatic N) is 2. The first-order valence-corrected chi connectivity index (χ1v) is 11.7. The van der Waals surface area contributed by atoms with Crippen LogP contribution in [0.4, 0.5) is 5.69 Å². The molecule has 1 saturated heterocycles. The third kappa shape index (κ3) is 5.44. The molecule has 0 unspecified atom stereocenters. The van der Waals surface area contributed by atoms with Crippen molar-refractivity contribution in [2.75, 3.05) is 28.4 Å². The van der Waals surface area contributed by atoms with E-state index in [1.807, 2.05) is 54.6 Å². The molecule has 1 amide bonds. The first-order valence-electron chi connectivity index (χ1n) is 10.8. The number of hydrogen-bond acceptors (Lipinski definition) is 7. The van der Waals surface area contributed by atoms with Crippen LogP contribution in [0.1, 0.15) is 11.1 Å². The van der Waals surface area contributed by atoms with Gasteiger partial charge in [0.25, 0.3) is 5.91 Å². The van der Waals surface area contributed by atoms with E-state index in [0.717, 1.165) is 17.0 Å². The molecule has 1 fully saturated rings. The first-order chi connectivity index (χ1) is 17.1. The van der Waals surface area contributed by atoms with Crippen molar-refractivity contribution < 1.29 is 23.7 Å². The molecule has 0 bridgehead atoms. The Kier molecular flexibility index (Phi) is 7.62. The van der Waals surface area contributed by atoms with Gasteiger partial charge in [0.15, 0.2) is 16.7 Å². The Balaban J connectivity index is 1.73. The fourth-order valence-corrected chi connectivity index (χ4v) is 4.55. The molecule has 0 saturated carbocycles. The smallest absolute Gasteiger partial charge is 0.267 e. The number of carbonyl (C=O) groups excluding carboxylic acids is 1. The maximum Gasteiger partial charge on any atom is 0.267 e. The lowest BCUT2D eigenvalue weighted by molar-refractivity contribution is -0.122. The normalized spacial score (nSPS) is 15.5. The van der Waals surface area contributed by atoms with Crippen LogP contribution in [0.15, 0.2) is 76.6 Å². The van der Waals surface area contributed by atoms with E-state index in [4.69, 9.17) is 23.9 Å².